The van der Waals surface area contributed by atoms with Crippen LogP contribution in [-0.2, 0) is 5.41 Å². The van der Waals surface area contributed by atoms with Gasteiger partial charge in [-0.3, -0.25) is 0 Å². The quantitative estimate of drug-likeness (QED) is 0.825. The first kappa shape index (κ1) is 15.7. The summed E-state index contributed by atoms with van der Waals surface area (Å²) in [5.74, 6) is 2.04. The van der Waals surface area contributed by atoms with Crippen molar-refractivity contribution in [2.75, 3.05) is 13.7 Å². The van der Waals surface area contributed by atoms with Gasteiger partial charge in [-0.1, -0.05) is 12.5 Å². The number of ether oxygens (including phenoxy) is 2. The minimum absolute atomic E-state index is 0.0404. The van der Waals surface area contributed by atoms with E-state index in [9.17, 15) is 10.5 Å². The molecule has 0 aliphatic heterocycles. The fourth-order valence-electron chi connectivity index (χ4n) is 3.39. The molecule has 0 unspecified atom stereocenters. The summed E-state index contributed by atoms with van der Waals surface area (Å²) in [7, 11) is 1.63. The Kier molecular flexibility index (Phi) is 4.44. The van der Waals surface area contributed by atoms with Crippen LogP contribution in [0.2, 0.25) is 0 Å². The summed E-state index contributed by atoms with van der Waals surface area (Å²) < 4.78 is 11.3. The molecule has 3 rings (SSSR count). The zero-order valence-electron chi connectivity index (χ0n) is 13.5. The topological polar surface area (TPSA) is 66.0 Å². The van der Waals surface area contributed by atoms with Gasteiger partial charge in [0.25, 0.3) is 0 Å². The summed E-state index contributed by atoms with van der Waals surface area (Å²) >= 11 is 0. The van der Waals surface area contributed by atoms with Crippen LogP contribution in [0, 0.1) is 34.5 Å². The van der Waals surface area contributed by atoms with Gasteiger partial charge in [-0.05, 0) is 55.7 Å². The van der Waals surface area contributed by atoms with Gasteiger partial charge >= 0.3 is 0 Å². The summed E-state index contributed by atoms with van der Waals surface area (Å²) in [6.45, 7) is 0.709. The van der Waals surface area contributed by atoms with Crippen LogP contribution in [0.3, 0.4) is 0 Å². The van der Waals surface area contributed by atoms with Crippen LogP contribution in [0.1, 0.15) is 44.1 Å². The van der Waals surface area contributed by atoms with E-state index in [4.69, 9.17) is 9.47 Å². The summed E-state index contributed by atoms with van der Waals surface area (Å²) in [4.78, 5) is 0. The first-order chi connectivity index (χ1) is 11.2. The molecule has 2 aliphatic rings. The van der Waals surface area contributed by atoms with Gasteiger partial charge < -0.3 is 9.47 Å². The number of benzene rings is 1. The zero-order chi connectivity index (χ0) is 16.3. The molecular formula is C19H22N2O2. The smallest absolute Gasteiger partial charge is 0.161 e. The number of nitriles is 2. The SMILES string of the molecule is COc1ccc([C@]2(C#N)CCC[C@@H](C#N)C2)cc1OCC1CC1. The van der Waals surface area contributed by atoms with Gasteiger partial charge in [0.15, 0.2) is 11.5 Å². The Balaban J connectivity index is 1.89. The van der Waals surface area contributed by atoms with Gasteiger partial charge in [0.1, 0.15) is 0 Å². The second-order valence-electron chi connectivity index (χ2n) is 6.74. The average Bonchev–Trinajstić information content (AvgIpc) is 3.44. The van der Waals surface area contributed by atoms with Crippen molar-refractivity contribution >= 4 is 0 Å². The fourth-order valence-corrected chi connectivity index (χ4v) is 3.39. The van der Waals surface area contributed by atoms with E-state index >= 15 is 0 Å². The molecule has 0 heterocycles. The molecular weight excluding hydrogens is 288 g/mol. The zero-order valence-corrected chi connectivity index (χ0v) is 13.5. The van der Waals surface area contributed by atoms with E-state index < -0.39 is 5.41 Å². The van der Waals surface area contributed by atoms with Gasteiger partial charge in [-0.25, -0.2) is 0 Å². The third-order valence-electron chi connectivity index (χ3n) is 5.04. The molecule has 2 aliphatic carbocycles. The van der Waals surface area contributed by atoms with E-state index in [1.807, 2.05) is 18.2 Å². The van der Waals surface area contributed by atoms with Crippen molar-refractivity contribution in [2.24, 2.45) is 11.8 Å². The predicted molar refractivity (Wildman–Crippen MR) is 86.1 cm³/mol. The van der Waals surface area contributed by atoms with E-state index in [1.54, 1.807) is 7.11 Å². The first-order valence-corrected chi connectivity index (χ1v) is 8.33. The Morgan fingerprint density at radius 2 is 2.04 bits per heavy atom. The highest BCUT2D eigenvalue weighted by molar-refractivity contribution is 5.47. The molecule has 0 radical (unpaired) electrons. The Labute approximate surface area is 137 Å². The molecule has 1 aromatic rings. The molecule has 0 saturated heterocycles. The standard InChI is InChI=1S/C19H22N2O2/c1-22-17-7-6-16(9-18(17)23-12-14-4-5-14)19(13-21)8-2-3-15(10-19)11-20/h6-7,9,14-15H,2-5,8,10,12H2,1H3/t15-,19-/m1/s1. The molecule has 120 valence electrons. The molecule has 1 aromatic carbocycles. The van der Waals surface area contributed by atoms with E-state index in [1.165, 1.54) is 12.8 Å². The molecule has 2 atom stereocenters. The molecule has 0 bridgehead atoms. The van der Waals surface area contributed by atoms with Crippen LogP contribution >= 0.6 is 0 Å². The minimum Gasteiger partial charge on any atom is -0.493 e. The molecule has 2 saturated carbocycles. The lowest BCUT2D eigenvalue weighted by Crippen LogP contribution is -2.31. The van der Waals surface area contributed by atoms with Gasteiger partial charge in [0.05, 0.1) is 31.3 Å². The lowest BCUT2D eigenvalue weighted by atomic mass is 9.67. The Bertz CT molecular complexity index is 654. The van der Waals surface area contributed by atoms with Crippen LogP contribution in [0.15, 0.2) is 18.2 Å². The predicted octanol–water partition coefficient (Wildman–Crippen LogP) is 3.96. The van der Waals surface area contributed by atoms with Crippen molar-refractivity contribution in [1.82, 2.24) is 0 Å². The van der Waals surface area contributed by atoms with Crippen molar-refractivity contribution in [1.29, 1.82) is 10.5 Å². The van der Waals surface area contributed by atoms with Crippen molar-refractivity contribution in [3.63, 3.8) is 0 Å². The van der Waals surface area contributed by atoms with Gasteiger partial charge in [-0.2, -0.15) is 10.5 Å². The van der Waals surface area contributed by atoms with Crippen LogP contribution < -0.4 is 9.47 Å². The highest BCUT2D eigenvalue weighted by Crippen LogP contribution is 2.44. The first-order valence-electron chi connectivity index (χ1n) is 8.33. The number of methoxy groups -OCH3 is 1. The third-order valence-corrected chi connectivity index (χ3v) is 5.04. The van der Waals surface area contributed by atoms with Gasteiger partial charge in [0, 0.05) is 5.92 Å². The monoisotopic (exact) mass is 310 g/mol. The normalized spacial score (nSPS) is 26.8. The lowest BCUT2D eigenvalue weighted by molar-refractivity contribution is 0.277. The molecule has 0 spiro atoms. The van der Waals surface area contributed by atoms with Crippen LogP contribution in [0.4, 0.5) is 0 Å². The molecule has 2 fully saturated rings. The second-order valence-corrected chi connectivity index (χ2v) is 6.74. The van der Waals surface area contributed by atoms with Crippen molar-refractivity contribution in [3.8, 4) is 23.6 Å². The molecule has 4 nitrogen and oxygen atoms in total. The number of rotatable bonds is 5. The number of hydrogen-bond acceptors (Lipinski definition) is 4. The Hall–Kier alpha value is -2.20. The molecule has 0 amide bonds. The molecule has 0 aromatic heterocycles. The number of hydrogen-bond donors (Lipinski definition) is 0. The summed E-state index contributed by atoms with van der Waals surface area (Å²) in [5, 5.41) is 19.1. The van der Waals surface area contributed by atoms with Crippen LogP contribution in [0.25, 0.3) is 0 Å². The largest absolute Gasteiger partial charge is 0.493 e. The molecule has 23 heavy (non-hydrogen) atoms. The van der Waals surface area contributed by atoms with Crippen molar-refractivity contribution < 1.29 is 9.47 Å². The fraction of sp³-hybridized carbons (Fsp3) is 0.579. The third kappa shape index (κ3) is 3.27. The molecule has 0 N–H and O–H groups in total. The summed E-state index contributed by atoms with van der Waals surface area (Å²) in [6.07, 6.45) is 5.67. The van der Waals surface area contributed by atoms with E-state index in [0.29, 0.717) is 30.4 Å². The summed E-state index contributed by atoms with van der Waals surface area (Å²) in [5.41, 5.74) is 0.370. The van der Waals surface area contributed by atoms with Gasteiger partial charge in [0.2, 0.25) is 0 Å². The van der Waals surface area contributed by atoms with E-state index in [2.05, 4.69) is 12.1 Å². The Morgan fingerprint density at radius 3 is 2.70 bits per heavy atom. The average molecular weight is 310 g/mol. The van der Waals surface area contributed by atoms with Crippen LogP contribution in [-0.4, -0.2) is 13.7 Å². The van der Waals surface area contributed by atoms with Crippen molar-refractivity contribution in [2.45, 2.75) is 43.9 Å². The highest BCUT2D eigenvalue weighted by Gasteiger charge is 2.39. The maximum absolute atomic E-state index is 9.82. The van der Waals surface area contributed by atoms with Crippen LogP contribution in [0.5, 0.6) is 11.5 Å². The lowest BCUT2D eigenvalue weighted by Gasteiger charge is -2.34. The summed E-state index contributed by atoms with van der Waals surface area (Å²) in [6, 6.07) is 10.6. The maximum Gasteiger partial charge on any atom is 0.161 e. The second kappa shape index (κ2) is 6.50. The van der Waals surface area contributed by atoms with E-state index in [0.717, 1.165) is 24.8 Å². The number of nitrogens with zero attached hydrogens (tertiary/aromatic N) is 2. The molecule has 4 heteroatoms. The van der Waals surface area contributed by atoms with Crippen molar-refractivity contribution in [3.05, 3.63) is 23.8 Å². The van der Waals surface area contributed by atoms with E-state index in [-0.39, 0.29) is 5.92 Å². The van der Waals surface area contributed by atoms with Gasteiger partial charge in [-0.15, -0.1) is 0 Å². The Morgan fingerprint density at radius 1 is 1.22 bits per heavy atom. The maximum atomic E-state index is 9.82. The highest BCUT2D eigenvalue weighted by atomic mass is 16.5. The minimum atomic E-state index is -0.581.